The Labute approximate surface area is 213 Å². The van der Waals surface area contributed by atoms with Crippen molar-refractivity contribution in [2.75, 3.05) is 18.6 Å². The van der Waals surface area contributed by atoms with Crippen molar-refractivity contribution in [3.63, 3.8) is 0 Å². The highest BCUT2D eigenvalue weighted by Crippen LogP contribution is 2.47. The number of hydrogen-bond donors (Lipinski definition) is 1. The molecular weight excluding hydrogens is 504 g/mol. The van der Waals surface area contributed by atoms with Gasteiger partial charge in [0.25, 0.3) is 11.1 Å². The van der Waals surface area contributed by atoms with Crippen LogP contribution in [0, 0.1) is 9.88 Å². The van der Waals surface area contributed by atoms with Gasteiger partial charge >= 0.3 is 0 Å². The van der Waals surface area contributed by atoms with Gasteiger partial charge in [0.15, 0.2) is 0 Å². The number of H-pyrrole nitrogens is 1. The molecule has 0 bridgehead atoms. The number of hydrogen-bond acceptors (Lipinski definition) is 6. The molecule has 0 atom stereocenters. The Hall–Kier alpha value is -3.14. The molecule has 0 saturated carbocycles. The molecule has 1 aliphatic rings. The Balaban J connectivity index is 1.82. The van der Waals surface area contributed by atoms with Crippen LogP contribution in [0.15, 0.2) is 56.9 Å². The van der Waals surface area contributed by atoms with E-state index in [-0.39, 0.29) is 11.1 Å². The fourth-order valence-corrected chi connectivity index (χ4v) is 6.90. The number of nitrogens with zero attached hydrogens (tertiary/aromatic N) is 3. The monoisotopic (exact) mass is 526 g/mol. The first kappa shape index (κ1) is 23.6. The van der Waals surface area contributed by atoms with Crippen molar-refractivity contribution in [2.24, 2.45) is 0 Å². The van der Waals surface area contributed by atoms with E-state index in [1.54, 1.807) is 47.7 Å². The molecule has 35 heavy (non-hydrogen) atoms. The molecule has 5 rings (SSSR count). The van der Waals surface area contributed by atoms with Crippen LogP contribution in [-0.4, -0.2) is 28.0 Å². The largest absolute Gasteiger partial charge is 0.497 e. The van der Waals surface area contributed by atoms with Crippen molar-refractivity contribution in [3.8, 4) is 11.4 Å². The van der Waals surface area contributed by atoms with E-state index < -0.39 is 0 Å². The first-order valence-corrected chi connectivity index (χ1v) is 13.1. The number of nitrogens with one attached hydrogen (secondary N) is 1. The zero-order chi connectivity index (χ0) is 24.9. The summed E-state index contributed by atoms with van der Waals surface area (Å²) < 4.78 is 9.67. The summed E-state index contributed by atoms with van der Waals surface area (Å²) in [5.74, 6) is 0.763. The number of aromatic nitrogens is 3. The third-order valence-electron chi connectivity index (χ3n) is 5.88. The lowest BCUT2D eigenvalue weighted by Gasteiger charge is -2.17. The number of ether oxygens (including phenoxy) is 1. The van der Waals surface area contributed by atoms with Gasteiger partial charge in [-0.05, 0) is 50.2 Å². The van der Waals surface area contributed by atoms with Gasteiger partial charge in [0.05, 0.1) is 23.8 Å². The zero-order valence-corrected chi connectivity index (χ0v) is 21.8. The fraction of sp³-hybridized carbons (Fsp3) is 0.200. The van der Waals surface area contributed by atoms with Gasteiger partial charge in [0, 0.05) is 29.1 Å². The van der Waals surface area contributed by atoms with Crippen LogP contribution in [0.5, 0.6) is 5.75 Å². The molecule has 0 radical (unpaired) electrons. The molecule has 10 heteroatoms. The van der Waals surface area contributed by atoms with Gasteiger partial charge in [0.1, 0.15) is 25.2 Å². The van der Waals surface area contributed by atoms with Gasteiger partial charge in [-0.2, -0.15) is 0 Å². The average molecular weight is 527 g/mol. The molecule has 7 nitrogen and oxygen atoms in total. The predicted octanol–water partition coefficient (Wildman–Crippen LogP) is 3.47. The SMILES string of the molecule is C=c1[nH]n(-c2ccc(Cl)cc2)c(=O)c1=c1s/c(=C2/Sc3ccc(OC)cc3N2CC)c(=O)n1CC. The quantitative estimate of drug-likeness (QED) is 0.441. The lowest BCUT2D eigenvalue weighted by atomic mass is 10.2. The lowest BCUT2D eigenvalue weighted by molar-refractivity contribution is 0.414. The lowest BCUT2D eigenvalue weighted by Crippen LogP contribution is -2.32. The topological polar surface area (TPSA) is 72.3 Å². The number of halogens is 1. The second kappa shape index (κ2) is 9.14. The van der Waals surface area contributed by atoms with Gasteiger partial charge in [0.2, 0.25) is 0 Å². The average Bonchev–Trinajstić information content (AvgIpc) is 3.48. The summed E-state index contributed by atoms with van der Waals surface area (Å²) in [5.41, 5.74) is 1.26. The third kappa shape index (κ3) is 3.84. The molecule has 1 aliphatic heterocycles. The van der Waals surface area contributed by atoms with Crippen molar-refractivity contribution in [1.29, 1.82) is 0 Å². The van der Waals surface area contributed by atoms with Gasteiger partial charge < -0.3 is 9.64 Å². The number of thiazole rings is 1. The molecule has 3 heterocycles. The second-order valence-corrected chi connectivity index (χ2v) is 10.3. The van der Waals surface area contributed by atoms with Crippen molar-refractivity contribution < 1.29 is 4.74 Å². The minimum atomic E-state index is -0.267. The Kier molecular flexibility index (Phi) is 6.16. The van der Waals surface area contributed by atoms with E-state index in [0.29, 0.717) is 43.6 Å². The Bertz CT molecular complexity index is 1770. The molecule has 0 unspecified atom stereocenters. The van der Waals surface area contributed by atoms with Gasteiger partial charge in [-0.25, -0.2) is 4.68 Å². The van der Waals surface area contributed by atoms with Gasteiger partial charge in [-0.1, -0.05) is 29.9 Å². The molecule has 2 aromatic carbocycles. The van der Waals surface area contributed by atoms with Crippen LogP contribution in [0.4, 0.5) is 5.69 Å². The molecule has 0 amide bonds. The summed E-state index contributed by atoms with van der Waals surface area (Å²) in [6, 6.07) is 12.9. The van der Waals surface area contributed by atoms with Crippen LogP contribution in [0.1, 0.15) is 13.8 Å². The maximum Gasteiger partial charge on any atom is 0.282 e. The summed E-state index contributed by atoms with van der Waals surface area (Å²) in [6.45, 7) is 9.14. The van der Waals surface area contributed by atoms with Crippen molar-refractivity contribution in [1.82, 2.24) is 14.3 Å². The molecule has 2 aromatic heterocycles. The molecule has 180 valence electrons. The van der Waals surface area contributed by atoms with E-state index in [0.717, 1.165) is 21.4 Å². The van der Waals surface area contributed by atoms with Crippen LogP contribution < -0.4 is 30.6 Å². The highest BCUT2D eigenvalue weighted by molar-refractivity contribution is 8.08. The van der Waals surface area contributed by atoms with Crippen LogP contribution in [-0.2, 0) is 6.54 Å². The first-order chi connectivity index (χ1) is 16.9. The van der Waals surface area contributed by atoms with E-state index in [1.807, 2.05) is 32.0 Å². The first-order valence-electron chi connectivity index (χ1n) is 11.1. The van der Waals surface area contributed by atoms with Crippen molar-refractivity contribution in [2.45, 2.75) is 25.3 Å². The van der Waals surface area contributed by atoms with E-state index in [1.165, 1.54) is 16.0 Å². The second-order valence-electron chi connectivity index (χ2n) is 7.85. The number of anilines is 1. The van der Waals surface area contributed by atoms with E-state index in [4.69, 9.17) is 16.3 Å². The molecule has 1 N–H and O–H groups in total. The third-order valence-corrected chi connectivity index (χ3v) is 8.64. The molecule has 0 spiro atoms. The molecule has 0 fully saturated rings. The van der Waals surface area contributed by atoms with Crippen LogP contribution in [0.3, 0.4) is 0 Å². The Morgan fingerprint density at radius 2 is 1.80 bits per heavy atom. The summed E-state index contributed by atoms with van der Waals surface area (Å²) in [6.07, 6.45) is 0. The van der Waals surface area contributed by atoms with Crippen LogP contribution in [0.2, 0.25) is 5.02 Å². The Morgan fingerprint density at radius 3 is 2.46 bits per heavy atom. The number of aromatic amines is 1. The van der Waals surface area contributed by atoms with E-state index >= 15 is 0 Å². The smallest absolute Gasteiger partial charge is 0.282 e. The number of methoxy groups -OCH3 is 1. The zero-order valence-electron chi connectivity index (χ0n) is 19.4. The number of thioether (sulfide) groups is 1. The summed E-state index contributed by atoms with van der Waals surface area (Å²) in [4.78, 5) is 30.2. The molecule has 4 aromatic rings. The van der Waals surface area contributed by atoms with Crippen molar-refractivity contribution in [3.05, 3.63) is 88.0 Å². The van der Waals surface area contributed by atoms with Crippen molar-refractivity contribution >= 4 is 52.0 Å². The predicted molar refractivity (Wildman–Crippen MR) is 143 cm³/mol. The molecular formula is C25H23ClN4O3S2. The fourth-order valence-electron chi connectivity index (χ4n) is 4.17. The van der Waals surface area contributed by atoms with E-state index in [9.17, 15) is 9.59 Å². The van der Waals surface area contributed by atoms with Gasteiger partial charge in [-0.15, -0.1) is 11.3 Å². The van der Waals surface area contributed by atoms with E-state index in [2.05, 4.69) is 16.6 Å². The number of fused-ring (bicyclic) bond motifs is 1. The highest BCUT2D eigenvalue weighted by Gasteiger charge is 2.27. The summed E-state index contributed by atoms with van der Waals surface area (Å²) >= 11 is 8.89. The van der Waals surface area contributed by atoms with Crippen LogP contribution in [0.25, 0.3) is 17.3 Å². The minimum absolute atomic E-state index is 0.119. The van der Waals surface area contributed by atoms with Gasteiger partial charge in [-0.3, -0.25) is 19.3 Å². The summed E-state index contributed by atoms with van der Waals surface area (Å²) in [7, 11) is 1.64. The highest BCUT2D eigenvalue weighted by atomic mass is 35.5. The minimum Gasteiger partial charge on any atom is -0.497 e. The maximum atomic E-state index is 13.6. The Morgan fingerprint density at radius 1 is 1.06 bits per heavy atom. The summed E-state index contributed by atoms with van der Waals surface area (Å²) in [5, 5.41) is 5.33. The maximum absolute atomic E-state index is 13.6. The van der Waals surface area contributed by atoms with Crippen LogP contribution >= 0.6 is 34.7 Å². The molecule has 0 saturated heterocycles. The molecule has 0 aliphatic carbocycles. The normalized spacial score (nSPS) is 15.5. The number of benzene rings is 2. The number of rotatable bonds is 4. The standard InChI is InChI=1S/C25H23ClN4O3S2/c1-5-28-18-13-17(33-4)11-12-19(18)34-25(28)21-23(32)29(6-2)24(35-21)20-14(3)27-30(22(20)31)16-9-7-15(26)8-10-16/h7-13,27H,3,5-6H2,1-2,4H3/b24-20?,25-21+.